The quantitative estimate of drug-likeness (QED) is 0.877. The number of carbonyl (C=O) groups excluding carboxylic acids is 1. The van der Waals surface area contributed by atoms with E-state index in [1.54, 1.807) is 0 Å². The molecule has 0 bridgehead atoms. The van der Waals surface area contributed by atoms with E-state index < -0.39 is 23.2 Å². The van der Waals surface area contributed by atoms with Crippen LogP contribution in [0.5, 0.6) is 0 Å². The van der Waals surface area contributed by atoms with E-state index in [0.29, 0.717) is 6.07 Å². The van der Waals surface area contributed by atoms with E-state index in [1.807, 2.05) is 0 Å². The van der Waals surface area contributed by atoms with Gasteiger partial charge in [0.25, 0.3) is 5.91 Å². The second-order valence-electron chi connectivity index (χ2n) is 2.60. The molecule has 6 heteroatoms. The summed E-state index contributed by atoms with van der Waals surface area (Å²) in [6, 6.07) is 2.50. The van der Waals surface area contributed by atoms with Crippen LogP contribution >= 0.6 is 15.9 Å². The molecule has 76 valence electrons. The van der Waals surface area contributed by atoms with Gasteiger partial charge < -0.3 is 5.73 Å². The minimum Gasteiger partial charge on any atom is -0.364 e. The Kier molecular flexibility index (Phi) is 2.84. The Morgan fingerprint density at radius 3 is 2.36 bits per heavy atom. The lowest BCUT2D eigenvalue weighted by molar-refractivity contribution is -0.143. The Balaban J connectivity index is 3.25. The molecule has 0 unspecified atom stereocenters. The third-order valence-corrected chi connectivity index (χ3v) is 1.99. The normalized spacial score (nSPS) is 11.4. The van der Waals surface area contributed by atoms with Gasteiger partial charge in [0, 0.05) is 10.0 Å². The van der Waals surface area contributed by atoms with Gasteiger partial charge in [-0.05, 0) is 18.2 Å². The maximum Gasteiger partial charge on any atom is 0.349 e. The summed E-state index contributed by atoms with van der Waals surface area (Å²) in [4.78, 5) is 10.4. The number of halogens is 4. The highest BCUT2D eigenvalue weighted by molar-refractivity contribution is 9.10. The zero-order chi connectivity index (χ0) is 10.9. The van der Waals surface area contributed by atoms with Gasteiger partial charge in [0.05, 0.1) is 0 Å². The van der Waals surface area contributed by atoms with E-state index in [-0.39, 0.29) is 4.47 Å². The van der Waals surface area contributed by atoms with Gasteiger partial charge >= 0.3 is 5.92 Å². The van der Waals surface area contributed by atoms with Crippen LogP contribution in [0.2, 0.25) is 0 Å². The summed E-state index contributed by atoms with van der Waals surface area (Å²) in [5, 5.41) is 0. The molecule has 0 atom stereocenters. The first kappa shape index (κ1) is 11.0. The number of rotatable bonds is 2. The monoisotopic (exact) mass is 267 g/mol. The van der Waals surface area contributed by atoms with Gasteiger partial charge in [0.1, 0.15) is 5.82 Å². The van der Waals surface area contributed by atoms with Crippen molar-refractivity contribution in [2.45, 2.75) is 5.92 Å². The number of alkyl halides is 2. The first-order valence-electron chi connectivity index (χ1n) is 3.48. The first-order chi connectivity index (χ1) is 6.34. The van der Waals surface area contributed by atoms with Crippen LogP contribution in [0, 0.1) is 5.82 Å². The average molecular weight is 268 g/mol. The molecule has 0 saturated heterocycles. The SMILES string of the molecule is NC(=O)C(F)(F)c1cc(F)cc(Br)c1. The fraction of sp³-hybridized carbons (Fsp3) is 0.125. The number of amides is 1. The second-order valence-corrected chi connectivity index (χ2v) is 3.51. The third kappa shape index (κ3) is 2.06. The van der Waals surface area contributed by atoms with Gasteiger partial charge in [-0.15, -0.1) is 0 Å². The molecule has 0 spiro atoms. The van der Waals surface area contributed by atoms with Crippen LogP contribution in [-0.4, -0.2) is 5.91 Å². The van der Waals surface area contributed by atoms with Gasteiger partial charge in [-0.3, -0.25) is 4.79 Å². The largest absolute Gasteiger partial charge is 0.364 e. The summed E-state index contributed by atoms with van der Waals surface area (Å²) in [6.45, 7) is 0. The lowest BCUT2D eigenvalue weighted by Crippen LogP contribution is -2.33. The zero-order valence-corrected chi connectivity index (χ0v) is 8.32. The molecule has 0 saturated carbocycles. The predicted molar refractivity (Wildman–Crippen MR) is 47.2 cm³/mol. The Morgan fingerprint density at radius 2 is 1.93 bits per heavy atom. The van der Waals surface area contributed by atoms with E-state index >= 15 is 0 Å². The Bertz CT molecular complexity index is 361. The topological polar surface area (TPSA) is 43.1 Å². The Labute approximate surface area is 86.0 Å². The molecule has 1 aromatic rings. The Hall–Kier alpha value is -1.04. The molecule has 0 aliphatic heterocycles. The standard InChI is InChI=1S/C8H5BrF3NO/c9-5-1-4(2-6(10)3-5)8(11,12)7(13)14/h1-3H,(H2,13,14). The number of primary amides is 1. The van der Waals surface area contributed by atoms with Gasteiger partial charge in [0.2, 0.25) is 0 Å². The van der Waals surface area contributed by atoms with Crippen molar-refractivity contribution in [2.75, 3.05) is 0 Å². The van der Waals surface area contributed by atoms with Crippen molar-refractivity contribution < 1.29 is 18.0 Å². The molecule has 0 heterocycles. The molecule has 0 aromatic heterocycles. The molecule has 14 heavy (non-hydrogen) atoms. The van der Waals surface area contributed by atoms with Crippen molar-refractivity contribution in [1.29, 1.82) is 0 Å². The zero-order valence-electron chi connectivity index (χ0n) is 6.73. The van der Waals surface area contributed by atoms with Crippen LogP contribution in [-0.2, 0) is 10.7 Å². The van der Waals surface area contributed by atoms with Crippen LogP contribution in [0.4, 0.5) is 13.2 Å². The fourth-order valence-corrected chi connectivity index (χ4v) is 1.34. The van der Waals surface area contributed by atoms with Gasteiger partial charge in [-0.25, -0.2) is 4.39 Å². The van der Waals surface area contributed by atoms with Crippen molar-refractivity contribution in [3.05, 3.63) is 34.1 Å². The van der Waals surface area contributed by atoms with Crippen LogP contribution in [0.25, 0.3) is 0 Å². The molecule has 0 aliphatic rings. The van der Waals surface area contributed by atoms with Crippen LogP contribution in [0.15, 0.2) is 22.7 Å². The molecule has 2 nitrogen and oxygen atoms in total. The summed E-state index contributed by atoms with van der Waals surface area (Å²) < 4.78 is 38.8. The van der Waals surface area contributed by atoms with E-state index in [0.717, 1.165) is 12.1 Å². The van der Waals surface area contributed by atoms with Crippen LogP contribution < -0.4 is 5.73 Å². The molecule has 1 rings (SSSR count). The summed E-state index contributed by atoms with van der Waals surface area (Å²) in [5.74, 6) is -6.53. The van der Waals surface area contributed by atoms with Gasteiger partial charge in [-0.2, -0.15) is 8.78 Å². The molecule has 0 aliphatic carbocycles. The number of nitrogens with two attached hydrogens (primary N) is 1. The van der Waals surface area contributed by atoms with E-state index in [9.17, 15) is 18.0 Å². The lowest BCUT2D eigenvalue weighted by Gasteiger charge is -2.12. The minimum atomic E-state index is -3.86. The Morgan fingerprint density at radius 1 is 1.36 bits per heavy atom. The van der Waals surface area contributed by atoms with Crippen LogP contribution in [0.1, 0.15) is 5.56 Å². The van der Waals surface area contributed by atoms with Crippen molar-refractivity contribution in [2.24, 2.45) is 5.73 Å². The summed E-state index contributed by atoms with van der Waals surface area (Å²) in [6.07, 6.45) is 0. The molecule has 1 aromatic carbocycles. The number of benzene rings is 1. The van der Waals surface area contributed by atoms with E-state index in [1.165, 1.54) is 0 Å². The van der Waals surface area contributed by atoms with Crippen molar-refractivity contribution >= 4 is 21.8 Å². The van der Waals surface area contributed by atoms with Crippen molar-refractivity contribution in [3.8, 4) is 0 Å². The minimum absolute atomic E-state index is 0.119. The number of hydrogen-bond donors (Lipinski definition) is 1. The van der Waals surface area contributed by atoms with E-state index in [2.05, 4.69) is 21.7 Å². The molecule has 2 N–H and O–H groups in total. The van der Waals surface area contributed by atoms with Crippen molar-refractivity contribution in [1.82, 2.24) is 0 Å². The molecular weight excluding hydrogens is 263 g/mol. The fourth-order valence-electron chi connectivity index (χ4n) is 0.877. The first-order valence-corrected chi connectivity index (χ1v) is 4.27. The van der Waals surface area contributed by atoms with Crippen molar-refractivity contribution in [3.63, 3.8) is 0 Å². The predicted octanol–water partition coefficient (Wildman–Crippen LogP) is 2.17. The number of hydrogen-bond acceptors (Lipinski definition) is 1. The highest BCUT2D eigenvalue weighted by Gasteiger charge is 2.39. The highest BCUT2D eigenvalue weighted by atomic mass is 79.9. The van der Waals surface area contributed by atoms with Gasteiger partial charge in [0.15, 0.2) is 0 Å². The molecule has 1 amide bonds. The van der Waals surface area contributed by atoms with Gasteiger partial charge in [-0.1, -0.05) is 15.9 Å². The average Bonchev–Trinajstić information content (AvgIpc) is 2.01. The molecule has 0 radical (unpaired) electrons. The van der Waals surface area contributed by atoms with Crippen LogP contribution in [0.3, 0.4) is 0 Å². The van der Waals surface area contributed by atoms with E-state index in [4.69, 9.17) is 0 Å². The highest BCUT2D eigenvalue weighted by Crippen LogP contribution is 2.30. The number of carbonyl (C=O) groups is 1. The summed E-state index contributed by atoms with van der Waals surface area (Å²) >= 11 is 2.83. The molecule has 0 fully saturated rings. The molecular formula is C8H5BrF3NO. The second kappa shape index (κ2) is 3.61. The maximum atomic E-state index is 13.0. The lowest BCUT2D eigenvalue weighted by atomic mass is 10.1. The smallest absolute Gasteiger partial charge is 0.349 e. The summed E-state index contributed by atoms with van der Waals surface area (Å²) in [7, 11) is 0. The summed E-state index contributed by atoms with van der Waals surface area (Å²) in [5.41, 5.74) is 3.71. The third-order valence-electron chi connectivity index (χ3n) is 1.53. The maximum absolute atomic E-state index is 13.0.